The highest BCUT2D eigenvalue weighted by Gasteiger charge is 2.35. The number of nitrogens with zero attached hydrogens (tertiary/aromatic N) is 1. The van der Waals surface area contributed by atoms with E-state index in [0.29, 0.717) is 6.04 Å². The lowest BCUT2D eigenvalue weighted by molar-refractivity contribution is -0.135. The molecule has 2 heteroatoms. The molecule has 0 amide bonds. The minimum Gasteiger partial charge on any atom is -0.357 e. The highest BCUT2D eigenvalue weighted by Crippen LogP contribution is 2.34. The van der Waals surface area contributed by atoms with Crippen molar-refractivity contribution in [1.29, 1.82) is 0 Å². The first-order chi connectivity index (χ1) is 8.90. The summed E-state index contributed by atoms with van der Waals surface area (Å²) >= 11 is 0. The number of likely N-dealkylation sites (tertiary alicyclic amines) is 1. The molecule has 2 saturated heterocycles. The first-order valence-electron chi connectivity index (χ1n) is 7.85. The van der Waals surface area contributed by atoms with Gasteiger partial charge in [0.2, 0.25) is 0 Å². The molecule has 0 aromatic rings. The van der Waals surface area contributed by atoms with Crippen LogP contribution in [0.4, 0.5) is 0 Å². The van der Waals surface area contributed by atoms with Gasteiger partial charge in [0.25, 0.3) is 0 Å². The highest BCUT2D eigenvalue weighted by atomic mass is 16.5. The van der Waals surface area contributed by atoms with Gasteiger partial charge in [0.1, 0.15) is 5.60 Å². The molecule has 0 spiro atoms. The Morgan fingerprint density at radius 1 is 1.16 bits per heavy atom. The average Bonchev–Trinajstić information content (AvgIpc) is 2.30. The van der Waals surface area contributed by atoms with Crippen molar-refractivity contribution in [2.45, 2.75) is 83.5 Å². The molecule has 2 atom stereocenters. The van der Waals surface area contributed by atoms with Gasteiger partial charge in [-0.1, -0.05) is 18.3 Å². The van der Waals surface area contributed by atoms with Crippen LogP contribution in [0.2, 0.25) is 0 Å². The Morgan fingerprint density at radius 3 is 2.63 bits per heavy atom. The van der Waals surface area contributed by atoms with Crippen LogP contribution in [-0.2, 0) is 4.74 Å². The van der Waals surface area contributed by atoms with Gasteiger partial charge in [0.15, 0.2) is 0 Å². The lowest BCUT2D eigenvalue weighted by Gasteiger charge is -2.40. The van der Waals surface area contributed by atoms with Gasteiger partial charge >= 0.3 is 0 Å². The second kappa shape index (κ2) is 5.85. The fourth-order valence-electron chi connectivity index (χ4n) is 3.37. The molecule has 0 aliphatic carbocycles. The molecule has 0 aromatic carbocycles. The third kappa shape index (κ3) is 4.23. The van der Waals surface area contributed by atoms with Gasteiger partial charge in [-0.3, -0.25) is 4.90 Å². The quantitative estimate of drug-likeness (QED) is 0.670. The summed E-state index contributed by atoms with van der Waals surface area (Å²) in [6.45, 7) is 10.9. The summed E-state index contributed by atoms with van der Waals surface area (Å²) in [6, 6.07) is 0.694. The van der Waals surface area contributed by atoms with Crippen molar-refractivity contribution in [1.82, 2.24) is 4.90 Å². The molecule has 2 aliphatic heterocycles. The predicted molar refractivity (Wildman–Crippen MR) is 80.1 cm³/mol. The zero-order chi connectivity index (χ0) is 13.9. The smallest absolute Gasteiger partial charge is 0.126 e. The fraction of sp³-hybridized carbons (Fsp3) is 0.882. The first kappa shape index (κ1) is 14.9. The number of hydrogen-bond donors (Lipinski definition) is 0. The molecule has 0 unspecified atom stereocenters. The Labute approximate surface area is 118 Å². The van der Waals surface area contributed by atoms with E-state index in [1.807, 2.05) is 0 Å². The van der Waals surface area contributed by atoms with Crippen molar-refractivity contribution in [2.24, 2.45) is 0 Å². The Hall–Kier alpha value is -0.520. The van der Waals surface area contributed by atoms with E-state index in [-0.39, 0.29) is 11.2 Å². The van der Waals surface area contributed by atoms with Crippen molar-refractivity contribution in [2.75, 3.05) is 13.1 Å². The topological polar surface area (TPSA) is 12.5 Å². The van der Waals surface area contributed by atoms with Gasteiger partial charge in [0, 0.05) is 6.04 Å². The summed E-state index contributed by atoms with van der Waals surface area (Å²) < 4.78 is 6.19. The maximum absolute atomic E-state index is 6.19. The molecule has 108 valence electrons. The van der Waals surface area contributed by atoms with E-state index in [1.54, 1.807) is 0 Å². The summed E-state index contributed by atoms with van der Waals surface area (Å²) in [5.74, 6) is 6.79. The van der Waals surface area contributed by atoms with Crippen LogP contribution in [0.1, 0.15) is 66.2 Å². The zero-order valence-corrected chi connectivity index (χ0v) is 13.1. The largest absolute Gasteiger partial charge is 0.357 e. The van der Waals surface area contributed by atoms with Gasteiger partial charge in [-0.25, -0.2) is 0 Å². The summed E-state index contributed by atoms with van der Waals surface area (Å²) in [6.07, 6.45) is 7.46. The third-order valence-electron chi connectivity index (χ3n) is 4.51. The van der Waals surface area contributed by atoms with E-state index in [1.165, 1.54) is 32.2 Å². The SMILES string of the molecule is C[C@@H]1CCCCN1CC#C[C@@]1(C)CCCC(C)(C)O1. The molecular weight excluding hydrogens is 234 g/mol. The minimum atomic E-state index is -0.235. The maximum Gasteiger partial charge on any atom is 0.126 e. The zero-order valence-electron chi connectivity index (χ0n) is 13.1. The highest BCUT2D eigenvalue weighted by molar-refractivity contribution is 5.16. The van der Waals surface area contributed by atoms with E-state index >= 15 is 0 Å². The standard InChI is InChI=1S/C17H29NO/c1-15-9-5-6-13-18(15)14-8-12-17(4)11-7-10-16(2,3)19-17/h15H,5-7,9-11,13-14H2,1-4H3/t15-,17-/m1/s1. The number of ether oxygens (including phenoxy) is 1. The van der Waals surface area contributed by atoms with Gasteiger partial charge in [-0.15, -0.1) is 0 Å². The third-order valence-corrected chi connectivity index (χ3v) is 4.51. The molecule has 0 radical (unpaired) electrons. The molecule has 2 rings (SSSR count). The van der Waals surface area contributed by atoms with Crippen LogP contribution < -0.4 is 0 Å². The van der Waals surface area contributed by atoms with Gasteiger partial charge in [-0.2, -0.15) is 0 Å². The first-order valence-corrected chi connectivity index (χ1v) is 7.85. The lowest BCUT2D eigenvalue weighted by Crippen LogP contribution is -2.43. The summed E-state index contributed by atoms with van der Waals surface area (Å²) in [4.78, 5) is 2.51. The van der Waals surface area contributed by atoms with E-state index in [9.17, 15) is 0 Å². The van der Waals surface area contributed by atoms with Crippen molar-refractivity contribution in [3.05, 3.63) is 0 Å². The molecule has 19 heavy (non-hydrogen) atoms. The van der Waals surface area contributed by atoms with Crippen molar-refractivity contribution in [3.63, 3.8) is 0 Å². The fourth-order valence-corrected chi connectivity index (χ4v) is 3.37. The Balaban J connectivity index is 1.91. The number of hydrogen-bond acceptors (Lipinski definition) is 2. The summed E-state index contributed by atoms with van der Waals surface area (Å²) in [5.41, 5.74) is -0.249. The van der Waals surface area contributed by atoms with Crippen LogP contribution >= 0.6 is 0 Å². The van der Waals surface area contributed by atoms with Crippen LogP contribution in [-0.4, -0.2) is 35.2 Å². The molecule has 0 saturated carbocycles. The van der Waals surface area contributed by atoms with Crippen LogP contribution in [0.25, 0.3) is 0 Å². The van der Waals surface area contributed by atoms with Crippen LogP contribution in [0.15, 0.2) is 0 Å². The van der Waals surface area contributed by atoms with Crippen molar-refractivity contribution in [3.8, 4) is 11.8 Å². The minimum absolute atomic E-state index is 0.0138. The second-order valence-corrected chi connectivity index (χ2v) is 7.06. The van der Waals surface area contributed by atoms with E-state index in [2.05, 4.69) is 44.4 Å². The predicted octanol–water partition coefficient (Wildman–Crippen LogP) is 3.60. The van der Waals surface area contributed by atoms with E-state index in [0.717, 1.165) is 19.4 Å². The van der Waals surface area contributed by atoms with E-state index in [4.69, 9.17) is 4.74 Å². The summed E-state index contributed by atoms with van der Waals surface area (Å²) in [7, 11) is 0. The Bertz CT molecular complexity index is 365. The normalized spacial score (nSPS) is 35.5. The Morgan fingerprint density at radius 2 is 1.95 bits per heavy atom. The average molecular weight is 263 g/mol. The number of rotatable bonds is 1. The summed E-state index contributed by atoms with van der Waals surface area (Å²) in [5, 5.41) is 0. The van der Waals surface area contributed by atoms with Crippen molar-refractivity contribution >= 4 is 0 Å². The monoisotopic (exact) mass is 263 g/mol. The molecular formula is C17H29NO. The molecule has 2 aliphatic rings. The van der Waals surface area contributed by atoms with Crippen molar-refractivity contribution < 1.29 is 4.74 Å². The molecule has 2 nitrogen and oxygen atoms in total. The number of piperidine rings is 1. The molecule has 2 heterocycles. The molecule has 2 fully saturated rings. The van der Waals surface area contributed by atoms with Crippen LogP contribution in [0, 0.1) is 11.8 Å². The maximum atomic E-state index is 6.19. The van der Waals surface area contributed by atoms with Gasteiger partial charge in [-0.05, 0) is 66.3 Å². The van der Waals surface area contributed by atoms with Gasteiger partial charge in [0.05, 0.1) is 12.1 Å². The van der Waals surface area contributed by atoms with Gasteiger partial charge < -0.3 is 4.74 Å². The molecule has 0 bridgehead atoms. The van der Waals surface area contributed by atoms with Crippen LogP contribution in [0.5, 0.6) is 0 Å². The second-order valence-electron chi connectivity index (χ2n) is 7.06. The lowest BCUT2D eigenvalue weighted by atomic mass is 9.88. The van der Waals surface area contributed by atoms with E-state index < -0.39 is 0 Å². The Kier molecular flexibility index (Phi) is 4.58. The van der Waals surface area contributed by atoms with Crippen LogP contribution in [0.3, 0.4) is 0 Å². The molecule has 0 N–H and O–H groups in total. The molecule has 0 aromatic heterocycles.